The van der Waals surface area contributed by atoms with Gasteiger partial charge >= 0.3 is 6.09 Å². The Morgan fingerprint density at radius 1 is 1.21 bits per heavy atom. The Hall–Kier alpha value is -1.55. The van der Waals surface area contributed by atoms with Gasteiger partial charge in [-0.1, -0.05) is 30.3 Å². The molecule has 4 nitrogen and oxygen atoms in total. The summed E-state index contributed by atoms with van der Waals surface area (Å²) in [6, 6.07) is 8.77. The van der Waals surface area contributed by atoms with Gasteiger partial charge in [0.15, 0.2) is 0 Å². The van der Waals surface area contributed by atoms with Crippen LogP contribution < -0.4 is 5.32 Å². The number of amides is 1. The molecule has 0 saturated carbocycles. The first kappa shape index (κ1) is 15.5. The van der Waals surface area contributed by atoms with Crippen molar-refractivity contribution in [3.05, 3.63) is 35.9 Å². The molecule has 0 aliphatic heterocycles. The first-order valence-corrected chi connectivity index (χ1v) is 6.40. The molecule has 0 saturated heterocycles. The maximum atomic E-state index is 11.7. The third-order valence-electron chi connectivity index (χ3n) is 2.93. The van der Waals surface area contributed by atoms with Crippen molar-refractivity contribution in [2.24, 2.45) is 0 Å². The number of rotatable bonds is 3. The molecule has 0 fully saturated rings. The molecule has 0 bridgehead atoms. The van der Waals surface area contributed by atoms with E-state index in [2.05, 4.69) is 5.32 Å². The summed E-state index contributed by atoms with van der Waals surface area (Å²) in [4.78, 5) is 11.7. The SMILES string of the molecule is C[C@@H](NC(=O)OC(C)(C)C)[C@](C)(O)c1ccccc1. The normalized spacial score (nSPS) is 16.3. The molecule has 2 N–H and O–H groups in total. The molecular weight excluding hydrogens is 242 g/mol. The van der Waals surface area contributed by atoms with E-state index in [9.17, 15) is 9.90 Å². The molecule has 1 amide bonds. The largest absolute Gasteiger partial charge is 0.444 e. The van der Waals surface area contributed by atoms with E-state index in [0.29, 0.717) is 0 Å². The average Bonchev–Trinajstić information content (AvgIpc) is 2.27. The molecule has 0 spiro atoms. The molecule has 1 aromatic rings. The van der Waals surface area contributed by atoms with Crippen LogP contribution in [-0.2, 0) is 10.3 Å². The van der Waals surface area contributed by atoms with Crippen LogP contribution in [0.15, 0.2) is 30.3 Å². The molecular formula is C15H23NO3. The van der Waals surface area contributed by atoms with Crippen LogP contribution in [0.3, 0.4) is 0 Å². The minimum atomic E-state index is -1.15. The predicted octanol–water partition coefficient (Wildman–Crippen LogP) is 2.81. The smallest absolute Gasteiger partial charge is 0.407 e. The molecule has 19 heavy (non-hydrogen) atoms. The van der Waals surface area contributed by atoms with Crippen molar-refractivity contribution >= 4 is 6.09 Å². The second-order valence-electron chi connectivity index (χ2n) is 5.88. The number of carbonyl (C=O) groups excluding carboxylic acids is 1. The molecule has 0 aliphatic carbocycles. The molecule has 0 heterocycles. The van der Waals surface area contributed by atoms with Gasteiger partial charge in [-0.3, -0.25) is 0 Å². The fourth-order valence-electron chi connectivity index (χ4n) is 1.65. The minimum Gasteiger partial charge on any atom is -0.444 e. The van der Waals surface area contributed by atoms with Gasteiger partial charge in [-0.15, -0.1) is 0 Å². The van der Waals surface area contributed by atoms with Gasteiger partial charge in [0.25, 0.3) is 0 Å². The number of carbonyl (C=O) groups is 1. The number of alkyl carbamates (subject to hydrolysis) is 1. The maximum Gasteiger partial charge on any atom is 0.407 e. The van der Waals surface area contributed by atoms with Crippen LogP contribution in [0.4, 0.5) is 4.79 Å². The summed E-state index contributed by atoms with van der Waals surface area (Å²) in [6.45, 7) is 8.81. The second kappa shape index (κ2) is 5.61. The highest BCUT2D eigenvalue weighted by molar-refractivity contribution is 5.68. The van der Waals surface area contributed by atoms with E-state index >= 15 is 0 Å². The van der Waals surface area contributed by atoms with Crippen molar-refractivity contribution in [2.75, 3.05) is 0 Å². The first-order valence-electron chi connectivity index (χ1n) is 6.40. The second-order valence-corrected chi connectivity index (χ2v) is 5.88. The van der Waals surface area contributed by atoms with Gasteiger partial charge in [0.2, 0.25) is 0 Å². The van der Waals surface area contributed by atoms with E-state index in [0.717, 1.165) is 5.56 Å². The summed E-state index contributed by atoms with van der Waals surface area (Å²) in [5.74, 6) is 0. The number of hydrogen-bond acceptors (Lipinski definition) is 3. The average molecular weight is 265 g/mol. The van der Waals surface area contributed by atoms with Gasteiger partial charge in [-0.2, -0.15) is 0 Å². The topological polar surface area (TPSA) is 58.6 Å². The molecule has 106 valence electrons. The van der Waals surface area contributed by atoms with Crippen LogP contribution in [0.2, 0.25) is 0 Å². The maximum absolute atomic E-state index is 11.7. The van der Waals surface area contributed by atoms with Gasteiger partial charge in [0.1, 0.15) is 11.2 Å². The van der Waals surface area contributed by atoms with Gasteiger partial charge in [-0.05, 0) is 40.2 Å². The van der Waals surface area contributed by atoms with Crippen LogP contribution in [-0.4, -0.2) is 22.8 Å². The lowest BCUT2D eigenvalue weighted by molar-refractivity contribution is 0.00751. The van der Waals surface area contributed by atoms with E-state index in [4.69, 9.17) is 4.74 Å². The first-order chi connectivity index (χ1) is 8.63. The van der Waals surface area contributed by atoms with Gasteiger partial charge < -0.3 is 15.2 Å². The number of hydrogen-bond donors (Lipinski definition) is 2. The van der Waals surface area contributed by atoms with Crippen LogP contribution in [0.25, 0.3) is 0 Å². The highest BCUT2D eigenvalue weighted by Crippen LogP contribution is 2.24. The predicted molar refractivity (Wildman–Crippen MR) is 74.8 cm³/mol. The standard InChI is InChI=1S/C15H23NO3/c1-11(16-13(17)19-14(2,3)4)15(5,18)12-9-7-6-8-10-12/h6-11,18H,1-5H3,(H,16,17)/t11-,15+/m1/s1. The fourth-order valence-corrected chi connectivity index (χ4v) is 1.65. The van der Waals surface area contributed by atoms with Crippen LogP contribution >= 0.6 is 0 Å². The summed E-state index contributed by atoms with van der Waals surface area (Å²) in [6.07, 6.45) is -0.531. The van der Waals surface area contributed by atoms with Crippen molar-refractivity contribution in [1.82, 2.24) is 5.32 Å². The van der Waals surface area contributed by atoms with Crippen molar-refractivity contribution in [3.63, 3.8) is 0 Å². The zero-order chi connectivity index (χ0) is 14.7. The van der Waals surface area contributed by atoms with Crippen molar-refractivity contribution < 1.29 is 14.6 Å². The Labute approximate surface area is 114 Å². The molecule has 0 unspecified atom stereocenters. The van der Waals surface area contributed by atoms with Gasteiger partial charge in [0.05, 0.1) is 6.04 Å². The number of benzene rings is 1. The van der Waals surface area contributed by atoms with Crippen molar-refractivity contribution in [3.8, 4) is 0 Å². The van der Waals surface area contributed by atoms with Crippen LogP contribution in [0.5, 0.6) is 0 Å². The third kappa shape index (κ3) is 4.56. The quantitative estimate of drug-likeness (QED) is 0.883. The summed E-state index contributed by atoms with van der Waals surface area (Å²) in [7, 11) is 0. The zero-order valence-electron chi connectivity index (χ0n) is 12.2. The van der Waals surface area contributed by atoms with E-state index in [1.807, 2.05) is 30.3 Å². The number of nitrogens with one attached hydrogen (secondary N) is 1. The van der Waals surface area contributed by atoms with E-state index in [1.165, 1.54) is 0 Å². The lowest BCUT2D eigenvalue weighted by atomic mass is 9.89. The van der Waals surface area contributed by atoms with Gasteiger partial charge in [-0.25, -0.2) is 4.79 Å². The zero-order valence-corrected chi connectivity index (χ0v) is 12.2. The Morgan fingerprint density at radius 2 is 1.74 bits per heavy atom. The van der Waals surface area contributed by atoms with Crippen LogP contribution in [0, 0.1) is 0 Å². The summed E-state index contributed by atoms with van der Waals surface area (Å²) in [5.41, 5.74) is -0.959. The Morgan fingerprint density at radius 3 is 2.21 bits per heavy atom. The Balaban J connectivity index is 2.72. The Bertz CT molecular complexity index is 421. The molecule has 1 rings (SSSR count). The summed E-state index contributed by atoms with van der Waals surface area (Å²) >= 11 is 0. The van der Waals surface area contributed by atoms with E-state index in [1.54, 1.807) is 34.6 Å². The highest BCUT2D eigenvalue weighted by atomic mass is 16.6. The molecule has 1 aromatic carbocycles. The summed E-state index contributed by atoms with van der Waals surface area (Å²) < 4.78 is 5.18. The molecule has 4 heteroatoms. The number of ether oxygens (including phenoxy) is 1. The van der Waals surface area contributed by atoms with E-state index in [-0.39, 0.29) is 0 Å². The summed E-state index contributed by atoms with van der Waals surface area (Å²) in [5, 5.41) is 13.2. The van der Waals surface area contributed by atoms with Crippen LogP contribution in [0.1, 0.15) is 40.2 Å². The fraction of sp³-hybridized carbons (Fsp3) is 0.533. The van der Waals surface area contributed by atoms with E-state index < -0.39 is 23.3 Å². The monoisotopic (exact) mass is 265 g/mol. The molecule has 0 aromatic heterocycles. The minimum absolute atomic E-state index is 0.468. The Kier molecular flexibility index (Phi) is 4.58. The lowest BCUT2D eigenvalue weighted by Crippen LogP contribution is -2.48. The van der Waals surface area contributed by atoms with Gasteiger partial charge in [0, 0.05) is 0 Å². The molecule has 2 atom stereocenters. The number of aliphatic hydroxyl groups is 1. The third-order valence-corrected chi connectivity index (χ3v) is 2.93. The molecule has 0 aliphatic rings. The molecule has 0 radical (unpaired) electrons. The van der Waals surface area contributed by atoms with Crippen molar-refractivity contribution in [1.29, 1.82) is 0 Å². The highest BCUT2D eigenvalue weighted by Gasteiger charge is 2.32. The lowest BCUT2D eigenvalue weighted by Gasteiger charge is -2.32. The van der Waals surface area contributed by atoms with Crippen molar-refractivity contribution in [2.45, 2.75) is 51.9 Å².